The van der Waals surface area contributed by atoms with Crippen molar-refractivity contribution < 1.29 is 8.42 Å². The van der Waals surface area contributed by atoms with E-state index in [0.717, 1.165) is 19.3 Å². The van der Waals surface area contributed by atoms with Crippen molar-refractivity contribution in [1.82, 2.24) is 4.90 Å². The van der Waals surface area contributed by atoms with Crippen molar-refractivity contribution >= 4 is 9.84 Å². The maximum absolute atomic E-state index is 11.1. The minimum Gasteiger partial charge on any atom is -0.326 e. The molecule has 0 saturated heterocycles. The molecule has 0 amide bonds. The molecule has 0 aromatic heterocycles. The van der Waals surface area contributed by atoms with Crippen molar-refractivity contribution in [2.45, 2.75) is 51.1 Å². The average Bonchev–Trinajstić information content (AvgIpc) is 2.17. The number of nitrogens with two attached hydrogens (primary N) is 1. The average molecular weight is 264 g/mol. The zero-order valence-corrected chi connectivity index (χ0v) is 12.7. The van der Waals surface area contributed by atoms with Crippen LogP contribution in [-0.2, 0) is 9.84 Å². The molecule has 5 heteroatoms. The van der Waals surface area contributed by atoms with Gasteiger partial charge in [-0.2, -0.15) is 0 Å². The van der Waals surface area contributed by atoms with E-state index < -0.39 is 9.84 Å². The molecule has 17 heavy (non-hydrogen) atoms. The Morgan fingerprint density at radius 3 is 2.00 bits per heavy atom. The third kappa shape index (κ3) is 4.94. The number of sulfone groups is 1. The summed E-state index contributed by atoms with van der Waals surface area (Å²) < 4.78 is 22.2. The zero-order valence-electron chi connectivity index (χ0n) is 11.9. The van der Waals surface area contributed by atoms with Crippen LogP contribution in [-0.4, -0.2) is 51.0 Å². The fourth-order valence-corrected chi connectivity index (χ4v) is 3.26. The third-order valence-electron chi connectivity index (χ3n) is 3.84. The lowest BCUT2D eigenvalue weighted by molar-refractivity contribution is 0.101. The van der Waals surface area contributed by atoms with Crippen molar-refractivity contribution in [2.75, 3.05) is 26.1 Å². The maximum atomic E-state index is 11.1. The Morgan fingerprint density at radius 2 is 1.71 bits per heavy atom. The summed E-state index contributed by atoms with van der Waals surface area (Å²) in [5.41, 5.74) is 6.25. The summed E-state index contributed by atoms with van der Waals surface area (Å²) in [4.78, 5) is 2.18. The summed E-state index contributed by atoms with van der Waals surface area (Å²) in [6.07, 6.45) is 4.65. The highest BCUT2D eigenvalue weighted by Crippen LogP contribution is 2.27. The Bertz CT molecular complexity index is 308. The van der Waals surface area contributed by atoms with E-state index >= 15 is 0 Å². The second-order valence-electron chi connectivity index (χ2n) is 5.08. The first kappa shape index (κ1) is 16.9. The Hall–Kier alpha value is -0.130. The van der Waals surface area contributed by atoms with E-state index in [9.17, 15) is 8.42 Å². The first-order valence-corrected chi connectivity index (χ1v) is 8.36. The van der Waals surface area contributed by atoms with E-state index in [1.807, 2.05) is 14.1 Å². The van der Waals surface area contributed by atoms with Crippen molar-refractivity contribution in [3.05, 3.63) is 0 Å². The molecule has 0 heterocycles. The first-order valence-electron chi connectivity index (χ1n) is 6.30. The maximum Gasteiger partial charge on any atom is 0.147 e. The Morgan fingerprint density at radius 1 is 1.24 bits per heavy atom. The number of hydrogen-bond donors (Lipinski definition) is 1. The van der Waals surface area contributed by atoms with Crippen LogP contribution < -0.4 is 5.73 Å². The highest BCUT2D eigenvalue weighted by Gasteiger charge is 2.35. The van der Waals surface area contributed by atoms with E-state index in [1.165, 1.54) is 6.26 Å². The fraction of sp³-hybridized carbons (Fsp3) is 1.00. The molecule has 2 N–H and O–H groups in total. The summed E-state index contributed by atoms with van der Waals surface area (Å²) in [6.45, 7) is 4.28. The van der Waals surface area contributed by atoms with E-state index in [-0.39, 0.29) is 17.3 Å². The molecule has 0 fully saturated rings. The van der Waals surface area contributed by atoms with Crippen LogP contribution in [0.3, 0.4) is 0 Å². The summed E-state index contributed by atoms with van der Waals surface area (Å²) in [6, 6.07) is 0.0225. The van der Waals surface area contributed by atoms with Crippen LogP contribution in [0.2, 0.25) is 0 Å². The van der Waals surface area contributed by atoms with Gasteiger partial charge in [0.05, 0.1) is 0 Å². The summed E-state index contributed by atoms with van der Waals surface area (Å²) in [5, 5.41) is 0. The lowest BCUT2D eigenvalue weighted by Crippen LogP contribution is -2.56. The monoisotopic (exact) mass is 264 g/mol. The van der Waals surface area contributed by atoms with Crippen LogP contribution in [0.5, 0.6) is 0 Å². The predicted molar refractivity (Wildman–Crippen MR) is 73.9 cm³/mol. The minimum absolute atomic E-state index is 0.0164. The molecule has 0 spiro atoms. The van der Waals surface area contributed by atoms with Gasteiger partial charge in [0.15, 0.2) is 0 Å². The van der Waals surface area contributed by atoms with Gasteiger partial charge < -0.3 is 10.6 Å². The molecular weight excluding hydrogens is 236 g/mol. The molecule has 0 radical (unpaired) electrons. The molecular formula is C12H28N2O2S. The van der Waals surface area contributed by atoms with Crippen LogP contribution >= 0.6 is 0 Å². The smallest absolute Gasteiger partial charge is 0.147 e. The SMILES string of the molecule is CCC(CC)(C(N)CCCS(C)(=O)=O)N(C)C. The summed E-state index contributed by atoms with van der Waals surface area (Å²) in [7, 11) is 1.22. The highest BCUT2D eigenvalue weighted by atomic mass is 32.2. The van der Waals surface area contributed by atoms with E-state index in [2.05, 4.69) is 18.7 Å². The number of rotatable bonds is 8. The van der Waals surface area contributed by atoms with Gasteiger partial charge in [-0.3, -0.25) is 0 Å². The molecule has 0 saturated carbocycles. The van der Waals surface area contributed by atoms with E-state index in [0.29, 0.717) is 6.42 Å². The second kappa shape index (κ2) is 6.71. The van der Waals surface area contributed by atoms with Gasteiger partial charge >= 0.3 is 0 Å². The molecule has 0 aliphatic heterocycles. The minimum atomic E-state index is -2.87. The van der Waals surface area contributed by atoms with Crippen LogP contribution in [0, 0.1) is 0 Å². The third-order valence-corrected chi connectivity index (χ3v) is 4.87. The Balaban J connectivity index is 4.49. The normalized spacial score (nSPS) is 15.2. The second-order valence-corrected chi connectivity index (χ2v) is 7.34. The topological polar surface area (TPSA) is 63.4 Å². The largest absolute Gasteiger partial charge is 0.326 e. The number of likely N-dealkylation sites (N-methyl/N-ethyl adjacent to an activating group) is 1. The zero-order chi connectivity index (χ0) is 13.7. The van der Waals surface area contributed by atoms with Crippen molar-refractivity contribution in [3.63, 3.8) is 0 Å². The van der Waals surface area contributed by atoms with E-state index in [4.69, 9.17) is 5.73 Å². The van der Waals surface area contributed by atoms with Gasteiger partial charge in [-0.05, 0) is 39.8 Å². The van der Waals surface area contributed by atoms with Gasteiger partial charge in [0.2, 0.25) is 0 Å². The predicted octanol–water partition coefficient (Wildman–Crippen LogP) is 1.26. The molecule has 1 unspecified atom stereocenters. The first-order chi connectivity index (χ1) is 7.69. The Labute approximate surface area is 106 Å². The standard InChI is InChI=1S/C12H28N2O2S/c1-6-12(7-2,14(3)4)11(13)9-8-10-17(5,15)16/h11H,6-10,13H2,1-5H3. The van der Waals surface area contributed by atoms with Gasteiger partial charge in [-0.1, -0.05) is 13.8 Å². The van der Waals surface area contributed by atoms with Gasteiger partial charge in [0, 0.05) is 23.6 Å². The summed E-state index contributed by atoms with van der Waals surface area (Å²) >= 11 is 0. The van der Waals surface area contributed by atoms with Crippen LogP contribution in [0.1, 0.15) is 39.5 Å². The van der Waals surface area contributed by atoms with Crippen molar-refractivity contribution in [1.29, 1.82) is 0 Å². The van der Waals surface area contributed by atoms with Gasteiger partial charge in [-0.15, -0.1) is 0 Å². The molecule has 0 bridgehead atoms. The molecule has 104 valence electrons. The lowest BCUT2D eigenvalue weighted by Gasteiger charge is -2.43. The molecule has 1 atom stereocenters. The van der Waals surface area contributed by atoms with E-state index in [1.54, 1.807) is 0 Å². The molecule has 0 aromatic carbocycles. The molecule has 0 aromatic rings. The Kier molecular flexibility index (Phi) is 6.66. The summed E-state index contributed by atoms with van der Waals surface area (Å²) in [5.74, 6) is 0.234. The van der Waals surface area contributed by atoms with Crippen molar-refractivity contribution in [2.24, 2.45) is 5.73 Å². The van der Waals surface area contributed by atoms with Crippen molar-refractivity contribution in [3.8, 4) is 0 Å². The quantitative estimate of drug-likeness (QED) is 0.717. The number of nitrogens with zero attached hydrogens (tertiary/aromatic N) is 1. The van der Waals surface area contributed by atoms with Gasteiger partial charge in [-0.25, -0.2) is 8.42 Å². The molecule has 0 aliphatic carbocycles. The number of hydrogen-bond acceptors (Lipinski definition) is 4. The molecule has 0 aliphatic rings. The lowest BCUT2D eigenvalue weighted by atomic mass is 9.81. The van der Waals surface area contributed by atoms with Crippen LogP contribution in [0.25, 0.3) is 0 Å². The van der Waals surface area contributed by atoms with Crippen LogP contribution in [0.4, 0.5) is 0 Å². The van der Waals surface area contributed by atoms with Crippen LogP contribution in [0.15, 0.2) is 0 Å². The highest BCUT2D eigenvalue weighted by molar-refractivity contribution is 7.90. The van der Waals surface area contributed by atoms with Gasteiger partial charge in [0.25, 0.3) is 0 Å². The molecule has 4 nitrogen and oxygen atoms in total. The van der Waals surface area contributed by atoms with Gasteiger partial charge in [0.1, 0.15) is 9.84 Å². The fourth-order valence-electron chi connectivity index (χ4n) is 2.57. The molecule has 0 rings (SSSR count).